The fourth-order valence-electron chi connectivity index (χ4n) is 4.85. The van der Waals surface area contributed by atoms with Crippen molar-refractivity contribution in [3.63, 3.8) is 0 Å². The molecule has 152 valence electrons. The maximum atomic E-state index is 13.0. The maximum absolute atomic E-state index is 13.0. The van der Waals surface area contributed by atoms with Crippen LogP contribution in [0.4, 0.5) is 0 Å². The van der Waals surface area contributed by atoms with Crippen LogP contribution in [0.5, 0.6) is 11.5 Å². The number of hydrogen-bond acceptors (Lipinski definition) is 5. The molecule has 4 rings (SSSR count). The van der Waals surface area contributed by atoms with Crippen molar-refractivity contribution >= 4 is 11.6 Å². The number of carbonyl (C=O) groups is 1. The van der Waals surface area contributed by atoms with Gasteiger partial charge < -0.3 is 20.0 Å². The zero-order valence-electron chi connectivity index (χ0n) is 17.0. The Morgan fingerprint density at radius 3 is 2.46 bits per heavy atom. The number of nitrogens with zero attached hydrogens (tertiary/aromatic N) is 2. The van der Waals surface area contributed by atoms with E-state index in [-0.39, 0.29) is 23.0 Å². The standard InChI is InChI=1S/C22H30N2O4/c1-21(2,3)16-4-7-22(8-5-16)12-17(23-28-22)20(27)24-9-6-14-10-18(25)19(26)11-15(14)13-24/h10-11,16,25-26H,4-9,12-13H2,1-3H3. The third kappa shape index (κ3) is 3.45. The van der Waals surface area contributed by atoms with Gasteiger partial charge >= 0.3 is 0 Å². The van der Waals surface area contributed by atoms with Crippen molar-refractivity contribution < 1.29 is 19.8 Å². The monoisotopic (exact) mass is 386 g/mol. The molecule has 1 aliphatic carbocycles. The molecule has 6 heteroatoms. The molecule has 0 unspecified atom stereocenters. The zero-order chi connectivity index (χ0) is 20.1. The first-order valence-electron chi connectivity index (χ1n) is 10.2. The zero-order valence-corrected chi connectivity index (χ0v) is 17.0. The average Bonchev–Trinajstić information content (AvgIpc) is 3.05. The van der Waals surface area contributed by atoms with Gasteiger partial charge in [-0.05, 0) is 66.7 Å². The topological polar surface area (TPSA) is 82.4 Å². The molecule has 0 saturated heterocycles. The van der Waals surface area contributed by atoms with Crippen LogP contribution in [0.1, 0.15) is 64.0 Å². The molecule has 0 aromatic heterocycles. The van der Waals surface area contributed by atoms with Crippen molar-refractivity contribution in [2.45, 2.75) is 71.4 Å². The lowest BCUT2D eigenvalue weighted by molar-refractivity contribution is -0.125. The predicted molar refractivity (Wildman–Crippen MR) is 106 cm³/mol. The van der Waals surface area contributed by atoms with Gasteiger partial charge in [-0.25, -0.2) is 0 Å². The van der Waals surface area contributed by atoms with E-state index in [0.717, 1.165) is 36.8 Å². The van der Waals surface area contributed by atoms with Crippen molar-refractivity contribution in [3.8, 4) is 11.5 Å². The molecule has 1 aromatic carbocycles. The number of carbonyl (C=O) groups excluding carboxylic acids is 1. The van der Waals surface area contributed by atoms with E-state index in [1.807, 2.05) is 0 Å². The second-order valence-corrected chi connectivity index (χ2v) is 9.72. The van der Waals surface area contributed by atoms with E-state index in [1.165, 1.54) is 0 Å². The van der Waals surface area contributed by atoms with Crippen molar-refractivity contribution in [1.82, 2.24) is 4.90 Å². The molecular weight excluding hydrogens is 356 g/mol. The van der Waals surface area contributed by atoms with E-state index < -0.39 is 0 Å². The molecule has 2 aliphatic heterocycles. The van der Waals surface area contributed by atoms with E-state index in [4.69, 9.17) is 4.84 Å². The van der Waals surface area contributed by atoms with E-state index in [0.29, 0.717) is 43.0 Å². The molecule has 0 radical (unpaired) electrons. The van der Waals surface area contributed by atoms with Gasteiger partial charge in [-0.3, -0.25) is 4.79 Å². The molecule has 6 nitrogen and oxygen atoms in total. The molecule has 3 aliphatic rings. The summed E-state index contributed by atoms with van der Waals surface area (Å²) in [5, 5.41) is 23.6. The Balaban J connectivity index is 1.40. The van der Waals surface area contributed by atoms with Gasteiger partial charge in [0.15, 0.2) is 11.5 Å². The summed E-state index contributed by atoms with van der Waals surface area (Å²) in [4.78, 5) is 20.6. The highest BCUT2D eigenvalue weighted by Gasteiger charge is 2.46. The summed E-state index contributed by atoms with van der Waals surface area (Å²) in [6.07, 6.45) is 5.37. The number of aromatic hydroxyl groups is 2. The van der Waals surface area contributed by atoms with Gasteiger partial charge in [0.05, 0.1) is 0 Å². The minimum Gasteiger partial charge on any atom is -0.504 e. The fraction of sp³-hybridized carbons (Fsp3) is 0.636. The van der Waals surface area contributed by atoms with Crippen LogP contribution in [-0.4, -0.2) is 38.9 Å². The summed E-state index contributed by atoms with van der Waals surface area (Å²) >= 11 is 0. The Kier molecular flexibility index (Phi) is 4.55. The smallest absolute Gasteiger partial charge is 0.272 e. The minimum atomic E-state index is -0.301. The lowest BCUT2D eigenvalue weighted by atomic mass is 9.67. The quantitative estimate of drug-likeness (QED) is 0.721. The molecule has 1 saturated carbocycles. The van der Waals surface area contributed by atoms with E-state index >= 15 is 0 Å². The highest BCUT2D eigenvalue weighted by molar-refractivity contribution is 6.39. The second-order valence-electron chi connectivity index (χ2n) is 9.72. The van der Waals surface area contributed by atoms with Crippen LogP contribution in [0, 0.1) is 11.3 Å². The molecular formula is C22H30N2O4. The van der Waals surface area contributed by atoms with Crippen LogP contribution >= 0.6 is 0 Å². The molecule has 0 atom stereocenters. The highest BCUT2D eigenvalue weighted by atomic mass is 16.7. The molecule has 0 bridgehead atoms. The Hall–Kier alpha value is -2.24. The number of amides is 1. The summed E-state index contributed by atoms with van der Waals surface area (Å²) in [5.74, 6) is 0.348. The maximum Gasteiger partial charge on any atom is 0.272 e. The van der Waals surface area contributed by atoms with Crippen LogP contribution in [-0.2, 0) is 22.6 Å². The molecule has 28 heavy (non-hydrogen) atoms. The van der Waals surface area contributed by atoms with Crippen molar-refractivity contribution in [3.05, 3.63) is 23.3 Å². The summed E-state index contributed by atoms with van der Waals surface area (Å²) < 4.78 is 0. The fourth-order valence-corrected chi connectivity index (χ4v) is 4.85. The SMILES string of the molecule is CC(C)(C)C1CCC2(CC1)CC(C(=O)N1CCc3cc(O)c(O)cc3C1)=NO2. The minimum absolute atomic E-state index is 0.0759. The number of fused-ring (bicyclic) bond motifs is 1. The van der Waals surface area contributed by atoms with Gasteiger partial charge in [0.1, 0.15) is 11.3 Å². The summed E-state index contributed by atoms with van der Waals surface area (Å²) in [5.41, 5.74) is 2.36. The first-order valence-corrected chi connectivity index (χ1v) is 10.2. The molecule has 2 heterocycles. The molecule has 2 N–H and O–H groups in total. The van der Waals surface area contributed by atoms with Crippen LogP contribution in [0.3, 0.4) is 0 Å². The lowest BCUT2D eigenvalue weighted by Gasteiger charge is -2.40. The number of benzene rings is 1. The largest absolute Gasteiger partial charge is 0.504 e. The van der Waals surface area contributed by atoms with E-state index in [1.54, 1.807) is 17.0 Å². The van der Waals surface area contributed by atoms with Crippen molar-refractivity contribution in [2.75, 3.05) is 6.54 Å². The first-order chi connectivity index (χ1) is 13.2. The van der Waals surface area contributed by atoms with E-state index in [2.05, 4.69) is 25.9 Å². The molecule has 1 spiro atoms. The summed E-state index contributed by atoms with van der Waals surface area (Å²) in [6.45, 7) is 7.88. The lowest BCUT2D eigenvalue weighted by Crippen LogP contribution is -2.42. The number of oxime groups is 1. The molecule has 1 aromatic rings. The van der Waals surface area contributed by atoms with Crippen molar-refractivity contribution in [1.29, 1.82) is 0 Å². The van der Waals surface area contributed by atoms with Crippen molar-refractivity contribution in [2.24, 2.45) is 16.5 Å². The third-order valence-corrected chi connectivity index (χ3v) is 6.80. The van der Waals surface area contributed by atoms with Gasteiger partial charge in [0.2, 0.25) is 0 Å². The highest BCUT2D eigenvalue weighted by Crippen LogP contribution is 2.46. The first kappa shape index (κ1) is 19.1. The molecule has 1 fully saturated rings. The Labute approximate surface area is 166 Å². The van der Waals surface area contributed by atoms with Gasteiger partial charge in [0.25, 0.3) is 5.91 Å². The molecule has 1 amide bonds. The second kappa shape index (κ2) is 6.68. The number of phenolic OH excluding ortho intramolecular Hbond substituents is 2. The Morgan fingerprint density at radius 2 is 1.82 bits per heavy atom. The number of hydrogen-bond donors (Lipinski definition) is 2. The predicted octanol–water partition coefficient (Wildman–Crippen LogP) is 3.73. The number of phenols is 2. The third-order valence-electron chi connectivity index (χ3n) is 6.80. The Bertz CT molecular complexity index is 817. The van der Waals surface area contributed by atoms with Gasteiger partial charge in [-0.1, -0.05) is 25.9 Å². The van der Waals surface area contributed by atoms with Crippen LogP contribution < -0.4 is 0 Å². The average molecular weight is 386 g/mol. The van der Waals surface area contributed by atoms with Gasteiger partial charge in [-0.15, -0.1) is 0 Å². The summed E-state index contributed by atoms with van der Waals surface area (Å²) in [7, 11) is 0. The van der Waals surface area contributed by atoms with Crippen LogP contribution in [0.2, 0.25) is 0 Å². The van der Waals surface area contributed by atoms with Crippen LogP contribution in [0.25, 0.3) is 0 Å². The normalized spacial score (nSPS) is 27.3. The van der Waals surface area contributed by atoms with Crippen LogP contribution in [0.15, 0.2) is 17.3 Å². The van der Waals surface area contributed by atoms with Gasteiger partial charge in [0, 0.05) is 19.5 Å². The Morgan fingerprint density at radius 1 is 1.18 bits per heavy atom. The van der Waals surface area contributed by atoms with E-state index in [9.17, 15) is 15.0 Å². The van der Waals surface area contributed by atoms with Gasteiger partial charge in [-0.2, -0.15) is 0 Å². The summed E-state index contributed by atoms with van der Waals surface area (Å²) in [6, 6.07) is 3.14. The number of rotatable bonds is 1.